The van der Waals surface area contributed by atoms with Gasteiger partial charge in [0.1, 0.15) is 5.75 Å². The maximum absolute atomic E-state index is 12.8. The predicted octanol–water partition coefficient (Wildman–Crippen LogP) is 2.47. The fraction of sp³-hybridized carbons (Fsp3) is 0.391. The number of carbonyl (C=O) groups is 2. The molecule has 1 saturated heterocycles. The molecule has 0 saturated carbocycles. The molecule has 172 valence electrons. The largest absolute Gasteiger partial charge is 0.491 e. The fourth-order valence-corrected chi connectivity index (χ4v) is 4.70. The van der Waals surface area contributed by atoms with E-state index in [1.165, 1.54) is 9.21 Å². The Balaban J connectivity index is 1.49. The van der Waals surface area contributed by atoms with Gasteiger partial charge in [0.2, 0.25) is 10.0 Å². The number of esters is 1. The molecule has 8 nitrogen and oxygen atoms in total. The first-order valence-electron chi connectivity index (χ1n) is 10.5. The van der Waals surface area contributed by atoms with E-state index >= 15 is 0 Å². The predicted molar refractivity (Wildman–Crippen MR) is 119 cm³/mol. The summed E-state index contributed by atoms with van der Waals surface area (Å²) in [6, 6.07) is 13.2. The smallest absolute Gasteiger partial charge is 0.338 e. The SMILES string of the molecule is Cc1ccc(S(=O)(=O)N2CCN(C(=O)COC(=O)c3ccc(OC(C)C)cc3)CC2)cc1. The highest BCUT2D eigenvalue weighted by atomic mass is 32.2. The third kappa shape index (κ3) is 5.86. The molecule has 32 heavy (non-hydrogen) atoms. The summed E-state index contributed by atoms with van der Waals surface area (Å²) in [5, 5.41) is 0. The minimum atomic E-state index is -3.60. The second kappa shape index (κ2) is 10.1. The van der Waals surface area contributed by atoms with Crippen LogP contribution in [-0.4, -0.2) is 68.4 Å². The van der Waals surface area contributed by atoms with E-state index in [2.05, 4.69) is 0 Å². The van der Waals surface area contributed by atoms with Gasteiger partial charge >= 0.3 is 5.97 Å². The van der Waals surface area contributed by atoms with Crippen LogP contribution in [0, 0.1) is 6.92 Å². The van der Waals surface area contributed by atoms with Crippen molar-refractivity contribution in [1.82, 2.24) is 9.21 Å². The Kier molecular flexibility index (Phi) is 7.52. The minimum absolute atomic E-state index is 0.0257. The molecule has 1 aliphatic rings. The van der Waals surface area contributed by atoms with Crippen molar-refractivity contribution in [2.75, 3.05) is 32.8 Å². The molecule has 0 N–H and O–H groups in total. The normalized spacial score (nSPS) is 14.9. The zero-order chi connectivity index (χ0) is 23.3. The molecule has 1 amide bonds. The monoisotopic (exact) mass is 460 g/mol. The lowest BCUT2D eigenvalue weighted by Crippen LogP contribution is -2.51. The van der Waals surface area contributed by atoms with Crippen LogP contribution >= 0.6 is 0 Å². The van der Waals surface area contributed by atoms with Crippen molar-refractivity contribution in [1.29, 1.82) is 0 Å². The Bertz CT molecular complexity index is 1040. The maximum Gasteiger partial charge on any atom is 0.338 e. The molecule has 1 fully saturated rings. The van der Waals surface area contributed by atoms with Crippen molar-refractivity contribution < 1.29 is 27.5 Å². The third-order valence-corrected chi connectivity index (χ3v) is 6.95. The molecule has 0 unspecified atom stereocenters. The van der Waals surface area contributed by atoms with E-state index in [9.17, 15) is 18.0 Å². The van der Waals surface area contributed by atoms with Crippen LogP contribution in [-0.2, 0) is 19.6 Å². The standard InChI is InChI=1S/C23H28N2O6S/c1-17(2)31-20-8-6-19(7-9-20)23(27)30-16-22(26)24-12-14-25(15-13-24)32(28,29)21-10-4-18(3)5-11-21/h4-11,17H,12-16H2,1-3H3. The van der Waals surface area contributed by atoms with Gasteiger partial charge in [0.25, 0.3) is 5.91 Å². The molecular weight excluding hydrogens is 432 g/mol. The van der Waals surface area contributed by atoms with Crippen molar-refractivity contribution >= 4 is 21.9 Å². The van der Waals surface area contributed by atoms with Gasteiger partial charge < -0.3 is 14.4 Å². The third-order valence-electron chi connectivity index (χ3n) is 5.04. The Labute approximate surface area is 188 Å². The van der Waals surface area contributed by atoms with Gasteiger partial charge in [-0.1, -0.05) is 17.7 Å². The van der Waals surface area contributed by atoms with Gasteiger partial charge in [0.05, 0.1) is 16.6 Å². The number of aryl methyl sites for hydroxylation is 1. The van der Waals surface area contributed by atoms with Crippen LogP contribution in [0.1, 0.15) is 29.8 Å². The van der Waals surface area contributed by atoms with E-state index in [4.69, 9.17) is 9.47 Å². The average Bonchev–Trinajstić information content (AvgIpc) is 2.77. The first-order valence-corrected chi connectivity index (χ1v) is 11.9. The highest BCUT2D eigenvalue weighted by Crippen LogP contribution is 2.18. The van der Waals surface area contributed by atoms with Gasteiger partial charge in [-0.25, -0.2) is 13.2 Å². The highest BCUT2D eigenvalue weighted by molar-refractivity contribution is 7.89. The number of hydrogen-bond donors (Lipinski definition) is 0. The van der Waals surface area contributed by atoms with Crippen LogP contribution in [0.25, 0.3) is 0 Å². The second-order valence-corrected chi connectivity index (χ2v) is 9.80. The van der Waals surface area contributed by atoms with E-state index in [1.807, 2.05) is 20.8 Å². The van der Waals surface area contributed by atoms with Crippen molar-refractivity contribution in [3.8, 4) is 5.75 Å². The number of carbonyl (C=O) groups excluding carboxylic acids is 2. The number of amides is 1. The summed E-state index contributed by atoms with van der Waals surface area (Å²) in [6.45, 7) is 6.17. The molecule has 0 aromatic heterocycles. The summed E-state index contributed by atoms with van der Waals surface area (Å²) in [7, 11) is -3.60. The van der Waals surface area contributed by atoms with E-state index in [0.29, 0.717) is 11.3 Å². The summed E-state index contributed by atoms with van der Waals surface area (Å²) >= 11 is 0. The molecule has 0 atom stereocenters. The van der Waals surface area contributed by atoms with Gasteiger partial charge in [-0.3, -0.25) is 4.79 Å². The van der Waals surface area contributed by atoms with Gasteiger partial charge in [-0.15, -0.1) is 0 Å². The van der Waals surface area contributed by atoms with Crippen molar-refractivity contribution in [3.63, 3.8) is 0 Å². The van der Waals surface area contributed by atoms with Crippen molar-refractivity contribution in [3.05, 3.63) is 59.7 Å². The number of sulfonamides is 1. The van der Waals surface area contributed by atoms with Crippen LogP contribution in [0.3, 0.4) is 0 Å². The van der Waals surface area contributed by atoms with Crippen molar-refractivity contribution in [2.24, 2.45) is 0 Å². The number of nitrogens with zero attached hydrogens (tertiary/aromatic N) is 2. The topological polar surface area (TPSA) is 93.2 Å². The molecule has 0 radical (unpaired) electrons. The van der Waals surface area contributed by atoms with E-state index in [0.717, 1.165) is 5.56 Å². The Morgan fingerprint density at radius 1 is 0.938 bits per heavy atom. The molecule has 9 heteroatoms. The molecule has 0 spiro atoms. The number of rotatable bonds is 7. The maximum atomic E-state index is 12.8. The van der Waals surface area contributed by atoms with Gasteiger partial charge in [0, 0.05) is 26.2 Å². The zero-order valence-electron chi connectivity index (χ0n) is 18.5. The van der Waals surface area contributed by atoms with Crippen LogP contribution in [0.2, 0.25) is 0 Å². The van der Waals surface area contributed by atoms with Gasteiger partial charge in [-0.05, 0) is 57.2 Å². The highest BCUT2D eigenvalue weighted by Gasteiger charge is 2.30. The number of hydrogen-bond acceptors (Lipinski definition) is 6. The lowest BCUT2D eigenvalue weighted by molar-refractivity contribution is -0.135. The minimum Gasteiger partial charge on any atom is -0.491 e. The molecule has 0 aliphatic carbocycles. The quantitative estimate of drug-likeness (QED) is 0.590. The van der Waals surface area contributed by atoms with Crippen LogP contribution in [0.5, 0.6) is 5.75 Å². The molecule has 1 heterocycles. The van der Waals surface area contributed by atoms with E-state index < -0.39 is 22.6 Å². The van der Waals surface area contributed by atoms with Crippen LogP contribution in [0.4, 0.5) is 0 Å². The van der Waals surface area contributed by atoms with Crippen LogP contribution < -0.4 is 4.74 Å². The average molecular weight is 461 g/mol. The zero-order valence-corrected chi connectivity index (χ0v) is 19.3. The van der Waals surface area contributed by atoms with Gasteiger partial charge in [-0.2, -0.15) is 4.31 Å². The Morgan fingerprint density at radius 2 is 1.53 bits per heavy atom. The lowest BCUT2D eigenvalue weighted by Gasteiger charge is -2.33. The molecular formula is C23H28N2O6S. The first kappa shape index (κ1) is 23.7. The molecule has 2 aromatic carbocycles. The van der Waals surface area contributed by atoms with Gasteiger partial charge in [0.15, 0.2) is 6.61 Å². The Hall–Kier alpha value is -2.91. The summed E-state index contributed by atoms with van der Waals surface area (Å²) in [6.07, 6.45) is 0.0257. The Morgan fingerprint density at radius 3 is 2.09 bits per heavy atom. The molecule has 3 rings (SSSR count). The first-order chi connectivity index (χ1) is 15.2. The van der Waals surface area contributed by atoms with E-state index in [1.54, 1.807) is 48.5 Å². The number of piperazine rings is 1. The summed E-state index contributed by atoms with van der Waals surface area (Å²) in [5.41, 5.74) is 1.30. The number of ether oxygens (including phenoxy) is 2. The molecule has 2 aromatic rings. The van der Waals surface area contributed by atoms with E-state index in [-0.39, 0.29) is 43.1 Å². The lowest BCUT2D eigenvalue weighted by atomic mass is 10.2. The summed E-state index contributed by atoms with van der Waals surface area (Å²) < 4.78 is 37.6. The molecule has 0 bridgehead atoms. The van der Waals surface area contributed by atoms with Crippen molar-refractivity contribution in [2.45, 2.75) is 31.8 Å². The van der Waals surface area contributed by atoms with Crippen LogP contribution in [0.15, 0.2) is 53.4 Å². The second-order valence-electron chi connectivity index (χ2n) is 7.87. The number of benzene rings is 2. The fourth-order valence-electron chi connectivity index (χ4n) is 3.28. The summed E-state index contributed by atoms with van der Waals surface area (Å²) in [5.74, 6) is -0.313. The summed E-state index contributed by atoms with van der Waals surface area (Å²) in [4.78, 5) is 26.4. The molecule has 1 aliphatic heterocycles.